The van der Waals surface area contributed by atoms with Crippen molar-refractivity contribution in [1.82, 2.24) is 10.2 Å². The average molecular weight is 246 g/mol. The largest absolute Gasteiger partial charge is 0.481 e. The molecule has 0 unspecified atom stereocenters. The Morgan fingerprint density at radius 3 is 2.41 bits per heavy atom. The van der Waals surface area contributed by atoms with Gasteiger partial charge in [-0.15, -0.1) is 0 Å². The lowest BCUT2D eigenvalue weighted by Crippen LogP contribution is -2.45. The number of carboxylic acid groups (broad SMARTS) is 1. The smallest absolute Gasteiger partial charge is 0.317 e. The van der Waals surface area contributed by atoms with Gasteiger partial charge in [-0.1, -0.05) is 0 Å². The number of rotatable bonds is 8. The summed E-state index contributed by atoms with van der Waals surface area (Å²) in [6.45, 7) is 4.70. The van der Waals surface area contributed by atoms with Gasteiger partial charge in [0.05, 0.1) is 0 Å². The molecule has 0 atom stereocenters. The first-order valence-electron chi connectivity index (χ1n) is 5.86. The van der Waals surface area contributed by atoms with Gasteiger partial charge in [-0.3, -0.25) is 4.79 Å². The number of carbonyl (C=O) groups is 2. The topological polar surface area (TPSA) is 89.9 Å². The number of aliphatic hydroxyl groups excluding tert-OH is 1. The number of hydrogen-bond acceptors (Lipinski definition) is 3. The van der Waals surface area contributed by atoms with Gasteiger partial charge in [0.25, 0.3) is 0 Å². The minimum absolute atomic E-state index is 0.0511. The van der Waals surface area contributed by atoms with E-state index >= 15 is 0 Å². The van der Waals surface area contributed by atoms with Crippen LogP contribution >= 0.6 is 0 Å². The standard InChI is InChI=1S/C11H22N2O4/c1-9(2)13(7-4-8-14)11(17)12-6-3-5-10(15)16/h9,14H,3-8H2,1-2H3,(H,12,17)(H,15,16). The molecule has 0 rings (SSSR count). The molecule has 0 radical (unpaired) electrons. The first-order valence-corrected chi connectivity index (χ1v) is 5.86. The molecule has 3 N–H and O–H groups in total. The summed E-state index contributed by atoms with van der Waals surface area (Å²) in [5.41, 5.74) is 0. The van der Waals surface area contributed by atoms with Gasteiger partial charge in [0.2, 0.25) is 0 Å². The van der Waals surface area contributed by atoms with Gasteiger partial charge in [-0.2, -0.15) is 0 Å². The predicted molar refractivity (Wildman–Crippen MR) is 63.8 cm³/mol. The molecular formula is C11H22N2O4. The zero-order valence-electron chi connectivity index (χ0n) is 10.5. The number of aliphatic hydroxyl groups is 1. The first-order chi connectivity index (χ1) is 7.99. The molecule has 0 spiro atoms. The van der Waals surface area contributed by atoms with E-state index in [0.717, 1.165) is 0 Å². The zero-order chi connectivity index (χ0) is 13.3. The van der Waals surface area contributed by atoms with Crippen LogP contribution in [0.4, 0.5) is 4.79 Å². The monoisotopic (exact) mass is 246 g/mol. The van der Waals surface area contributed by atoms with Crippen molar-refractivity contribution in [3.8, 4) is 0 Å². The predicted octanol–water partition coefficient (Wildman–Crippen LogP) is 0.654. The molecular weight excluding hydrogens is 224 g/mol. The number of aliphatic carboxylic acids is 1. The number of carbonyl (C=O) groups excluding carboxylic acids is 1. The van der Waals surface area contributed by atoms with Crippen LogP contribution in [0.15, 0.2) is 0 Å². The quantitative estimate of drug-likeness (QED) is 0.549. The van der Waals surface area contributed by atoms with Crippen LogP contribution in [0.5, 0.6) is 0 Å². The Hall–Kier alpha value is -1.30. The fraction of sp³-hybridized carbons (Fsp3) is 0.818. The Kier molecular flexibility index (Phi) is 8.13. The van der Waals surface area contributed by atoms with Crippen molar-refractivity contribution in [1.29, 1.82) is 0 Å². The molecule has 0 saturated heterocycles. The average Bonchev–Trinajstić information content (AvgIpc) is 2.24. The van der Waals surface area contributed by atoms with Crippen molar-refractivity contribution in [3.63, 3.8) is 0 Å². The van der Waals surface area contributed by atoms with Crippen molar-refractivity contribution in [2.45, 2.75) is 39.2 Å². The zero-order valence-corrected chi connectivity index (χ0v) is 10.5. The molecule has 0 aromatic heterocycles. The molecule has 6 nitrogen and oxygen atoms in total. The van der Waals surface area contributed by atoms with Crippen LogP contribution in [0.2, 0.25) is 0 Å². The van der Waals surface area contributed by atoms with E-state index in [-0.39, 0.29) is 25.1 Å². The Labute approximate surface area is 102 Å². The number of nitrogens with one attached hydrogen (secondary N) is 1. The Balaban J connectivity index is 3.93. The van der Waals surface area contributed by atoms with Crippen LogP contribution in [0.25, 0.3) is 0 Å². The van der Waals surface area contributed by atoms with Crippen LogP contribution in [0, 0.1) is 0 Å². The maximum absolute atomic E-state index is 11.7. The second-order valence-corrected chi connectivity index (χ2v) is 4.09. The van der Waals surface area contributed by atoms with Gasteiger partial charge >= 0.3 is 12.0 Å². The summed E-state index contributed by atoms with van der Waals surface area (Å²) < 4.78 is 0. The fourth-order valence-electron chi connectivity index (χ4n) is 1.37. The van der Waals surface area contributed by atoms with Crippen LogP contribution in [-0.4, -0.2) is 52.9 Å². The molecule has 0 aliphatic rings. The Bertz CT molecular complexity index is 244. The molecule has 0 bridgehead atoms. The molecule has 0 aromatic carbocycles. The fourth-order valence-corrected chi connectivity index (χ4v) is 1.37. The van der Waals surface area contributed by atoms with Crippen LogP contribution < -0.4 is 5.32 Å². The molecule has 0 aliphatic carbocycles. The lowest BCUT2D eigenvalue weighted by molar-refractivity contribution is -0.137. The lowest BCUT2D eigenvalue weighted by atomic mass is 10.3. The Morgan fingerprint density at radius 2 is 1.94 bits per heavy atom. The third-order valence-electron chi connectivity index (χ3n) is 2.28. The third kappa shape index (κ3) is 7.57. The van der Waals surface area contributed by atoms with E-state index in [0.29, 0.717) is 25.9 Å². The van der Waals surface area contributed by atoms with Crippen LogP contribution in [-0.2, 0) is 4.79 Å². The summed E-state index contributed by atoms with van der Waals surface area (Å²) in [5.74, 6) is -0.861. The van der Waals surface area contributed by atoms with E-state index in [1.165, 1.54) is 0 Å². The van der Waals surface area contributed by atoms with Gasteiger partial charge in [0.15, 0.2) is 0 Å². The molecule has 0 aliphatic heterocycles. The van der Waals surface area contributed by atoms with Crippen molar-refractivity contribution >= 4 is 12.0 Å². The number of urea groups is 1. The molecule has 2 amide bonds. The molecule has 17 heavy (non-hydrogen) atoms. The van der Waals surface area contributed by atoms with E-state index in [2.05, 4.69) is 5.32 Å². The summed E-state index contributed by atoms with van der Waals surface area (Å²) in [6, 6.07) is -0.153. The molecule has 0 saturated carbocycles. The van der Waals surface area contributed by atoms with E-state index in [1.54, 1.807) is 4.90 Å². The SMILES string of the molecule is CC(C)N(CCCO)C(=O)NCCCC(=O)O. The number of nitrogens with zero attached hydrogens (tertiary/aromatic N) is 1. The van der Waals surface area contributed by atoms with Gasteiger partial charge in [0.1, 0.15) is 0 Å². The van der Waals surface area contributed by atoms with Crippen molar-refractivity contribution in [2.75, 3.05) is 19.7 Å². The second kappa shape index (κ2) is 8.81. The highest BCUT2D eigenvalue weighted by Gasteiger charge is 2.15. The van der Waals surface area contributed by atoms with Crippen LogP contribution in [0.3, 0.4) is 0 Å². The summed E-state index contributed by atoms with van der Waals surface area (Å²) in [4.78, 5) is 23.6. The highest BCUT2D eigenvalue weighted by Crippen LogP contribution is 2.00. The number of hydrogen-bond donors (Lipinski definition) is 3. The van der Waals surface area contributed by atoms with Gasteiger partial charge < -0.3 is 20.4 Å². The number of amides is 2. The van der Waals surface area contributed by atoms with Crippen LogP contribution in [0.1, 0.15) is 33.1 Å². The summed E-state index contributed by atoms with van der Waals surface area (Å²) in [6.07, 6.45) is 1.02. The molecule has 6 heteroatoms. The molecule has 0 fully saturated rings. The van der Waals surface area contributed by atoms with Gasteiger partial charge in [-0.25, -0.2) is 4.79 Å². The van der Waals surface area contributed by atoms with Crippen molar-refractivity contribution in [3.05, 3.63) is 0 Å². The maximum Gasteiger partial charge on any atom is 0.317 e. The first kappa shape index (κ1) is 15.7. The van der Waals surface area contributed by atoms with E-state index in [9.17, 15) is 9.59 Å². The Morgan fingerprint density at radius 1 is 1.29 bits per heavy atom. The molecule has 0 heterocycles. The number of carboxylic acids is 1. The summed E-state index contributed by atoms with van der Waals surface area (Å²) in [7, 11) is 0. The lowest BCUT2D eigenvalue weighted by Gasteiger charge is -2.26. The highest BCUT2D eigenvalue weighted by atomic mass is 16.4. The normalized spacial score (nSPS) is 10.4. The van der Waals surface area contributed by atoms with E-state index in [4.69, 9.17) is 10.2 Å². The van der Waals surface area contributed by atoms with Gasteiger partial charge in [0, 0.05) is 32.2 Å². The van der Waals surface area contributed by atoms with E-state index in [1.807, 2.05) is 13.8 Å². The summed E-state index contributed by atoms with van der Waals surface area (Å²) in [5, 5.41) is 19.8. The van der Waals surface area contributed by atoms with Crippen molar-refractivity contribution in [2.24, 2.45) is 0 Å². The minimum Gasteiger partial charge on any atom is -0.481 e. The van der Waals surface area contributed by atoms with Crippen molar-refractivity contribution < 1.29 is 19.8 Å². The van der Waals surface area contributed by atoms with E-state index < -0.39 is 5.97 Å². The maximum atomic E-state index is 11.7. The highest BCUT2D eigenvalue weighted by molar-refractivity contribution is 5.74. The molecule has 100 valence electrons. The minimum atomic E-state index is -0.861. The molecule has 0 aromatic rings. The summed E-state index contributed by atoms with van der Waals surface area (Å²) >= 11 is 0. The van der Waals surface area contributed by atoms with Gasteiger partial charge in [-0.05, 0) is 26.7 Å². The third-order valence-corrected chi connectivity index (χ3v) is 2.28. The second-order valence-electron chi connectivity index (χ2n) is 4.09.